The van der Waals surface area contributed by atoms with Crippen LogP contribution in [0.1, 0.15) is 35.1 Å². The SMILES string of the molecule is COCCC(C)C(=O)c1cc(C)nc(C)c1. The number of hydrogen-bond acceptors (Lipinski definition) is 3. The van der Waals surface area contributed by atoms with Crippen molar-refractivity contribution >= 4 is 5.78 Å². The maximum Gasteiger partial charge on any atom is 0.165 e. The van der Waals surface area contributed by atoms with E-state index in [0.29, 0.717) is 6.61 Å². The smallest absolute Gasteiger partial charge is 0.165 e. The Kier molecular flexibility index (Phi) is 4.62. The number of carbonyl (C=O) groups is 1. The van der Waals surface area contributed by atoms with Gasteiger partial charge in [-0.2, -0.15) is 0 Å². The summed E-state index contributed by atoms with van der Waals surface area (Å²) >= 11 is 0. The summed E-state index contributed by atoms with van der Waals surface area (Å²) in [7, 11) is 1.65. The normalized spacial score (nSPS) is 12.5. The minimum atomic E-state index is 0.00106. The molecule has 0 amide bonds. The zero-order valence-electron chi connectivity index (χ0n) is 10.4. The lowest BCUT2D eigenvalue weighted by Gasteiger charge is -2.10. The number of pyridine rings is 1. The van der Waals surface area contributed by atoms with Gasteiger partial charge in [0.1, 0.15) is 0 Å². The Morgan fingerprint density at radius 1 is 1.38 bits per heavy atom. The van der Waals surface area contributed by atoms with E-state index in [0.717, 1.165) is 23.4 Å². The van der Waals surface area contributed by atoms with E-state index in [1.807, 2.05) is 32.9 Å². The van der Waals surface area contributed by atoms with Crippen molar-refractivity contribution in [2.24, 2.45) is 5.92 Å². The molecule has 1 rings (SSSR count). The van der Waals surface area contributed by atoms with Crippen molar-refractivity contribution in [2.45, 2.75) is 27.2 Å². The molecule has 0 spiro atoms. The first-order valence-electron chi connectivity index (χ1n) is 5.53. The maximum atomic E-state index is 12.1. The number of rotatable bonds is 5. The molecule has 0 N–H and O–H groups in total. The summed E-state index contributed by atoms with van der Waals surface area (Å²) in [6.45, 7) is 6.37. The van der Waals surface area contributed by atoms with Crippen LogP contribution in [0.15, 0.2) is 12.1 Å². The zero-order valence-corrected chi connectivity index (χ0v) is 10.4. The average molecular weight is 221 g/mol. The van der Waals surface area contributed by atoms with E-state index in [9.17, 15) is 4.79 Å². The van der Waals surface area contributed by atoms with Crippen molar-refractivity contribution in [2.75, 3.05) is 13.7 Å². The number of aromatic nitrogens is 1. The van der Waals surface area contributed by atoms with Crippen LogP contribution < -0.4 is 0 Å². The number of carbonyl (C=O) groups excluding carboxylic acids is 1. The van der Waals surface area contributed by atoms with Crippen LogP contribution in [0.3, 0.4) is 0 Å². The second-order valence-corrected chi connectivity index (χ2v) is 4.19. The lowest BCUT2D eigenvalue weighted by atomic mass is 9.96. The number of ketones is 1. The summed E-state index contributed by atoms with van der Waals surface area (Å²) in [5.74, 6) is 0.173. The Morgan fingerprint density at radius 3 is 2.44 bits per heavy atom. The second kappa shape index (κ2) is 5.75. The molecule has 0 aromatic carbocycles. The summed E-state index contributed by atoms with van der Waals surface area (Å²) in [5.41, 5.74) is 2.54. The predicted octanol–water partition coefficient (Wildman–Crippen LogP) is 2.55. The van der Waals surface area contributed by atoms with Crippen LogP contribution in [0.5, 0.6) is 0 Å². The van der Waals surface area contributed by atoms with Crippen LogP contribution in [0.2, 0.25) is 0 Å². The lowest BCUT2D eigenvalue weighted by Crippen LogP contribution is -2.14. The van der Waals surface area contributed by atoms with Crippen LogP contribution in [0.4, 0.5) is 0 Å². The predicted molar refractivity (Wildman–Crippen MR) is 63.7 cm³/mol. The van der Waals surface area contributed by atoms with E-state index in [1.165, 1.54) is 0 Å². The van der Waals surface area contributed by atoms with Crippen molar-refractivity contribution in [3.8, 4) is 0 Å². The van der Waals surface area contributed by atoms with Crippen LogP contribution in [0.25, 0.3) is 0 Å². The van der Waals surface area contributed by atoms with Crippen molar-refractivity contribution < 1.29 is 9.53 Å². The third kappa shape index (κ3) is 3.42. The topological polar surface area (TPSA) is 39.2 Å². The first kappa shape index (κ1) is 12.8. The first-order valence-corrected chi connectivity index (χ1v) is 5.53. The zero-order chi connectivity index (χ0) is 12.1. The van der Waals surface area contributed by atoms with Crippen molar-refractivity contribution in [3.05, 3.63) is 29.1 Å². The summed E-state index contributed by atoms with van der Waals surface area (Å²) < 4.78 is 4.98. The third-order valence-corrected chi connectivity index (χ3v) is 2.57. The van der Waals surface area contributed by atoms with Gasteiger partial charge < -0.3 is 4.74 Å². The Morgan fingerprint density at radius 2 is 1.94 bits per heavy atom. The summed E-state index contributed by atoms with van der Waals surface area (Å²) in [5, 5.41) is 0. The molecular weight excluding hydrogens is 202 g/mol. The fraction of sp³-hybridized carbons (Fsp3) is 0.538. The molecule has 0 radical (unpaired) electrons. The molecule has 0 aliphatic rings. The molecule has 16 heavy (non-hydrogen) atoms. The Bertz CT molecular complexity index is 354. The number of Topliss-reactive ketones (excluding diaryl/α,β-unsaturated/α-hetero) is 1. The molecule has 88 valence electrons. The molecular formula is C13H19NO2. The molecule has 3 nitrogen and oxygen atoms in total. The van der Waals surface area contributed by atoms with E-state index in [4.69, 9.17) is 4.74 Å². The molecule has 1 aromatic heterocycles. The molecule has 0 aliphatic heterocycles. The fourth-order valence-corrected chi connectivity index (χ4v) is 1.69. The van der Waals surface area contributed by atoms with Gasteiger partial charge >= 0.3 is 0 Å². The molecule has 0 saturated carbocycles. The van der Waals surface area contributed by atoms with Gasteiger partial charge in [-0.15, -0.1) is 0 Å². The summed E-state index contributed by atoms with van der Waals surface area (Å²) in [6, 6.07) is 3.69. The standard InChI is InChI=1S/C13H19NO2/c1-9(5-6-16-4)13(15)12-7-10(2)14-11(3)8-12/h7-9H,5-6H2,1-4H3. The number of nitrogens with zero attached hydrogens (tertiary/aromatic N) is 1. The molecule has 0 bridgehead atoms. The van der Waals surface area contributed by atoms with E-state index < -0.39 is 0 Å². The quantitative estimate of drug-likeness (QED) is 0.717. The Balaban J connectivity index is 2.79. The van der Waals surface area contributed by atoms with Crippen LogP contribution in [-0.2, 0) is 4.74 Å². The van der Waals surface area contributed by atoms with Gasteiger partial charge in [-0.1, -0.05) is 6.92 Å². The number of aryl methyl sites for hydroxylation is 2. The molecule has 0 fully saturated rings. The monoisotopic (exact) mass is 221 g/mol. The molecule has 0 aliphatic carbocycles. The van der Waals surface area contributed by atoms with E-state index in [2.05, 4.69) is 4.98 Å². The number of hydrogen-bond donors (Lipinski definition) is 0. The van der Waals surface area contributed by atoms with Crippen LogP contribution >= 0.6 is 0 Å². The summed E-state index contributed by atoms with van der Waals surface area (Å²) in [6.07, 6.45) is 0.760. The molecule has 1 unspecified atom stereocenters. The molecule has 1 heterocycles. The fourth-order valence-electron chi connectivity index (χ4n) is 1.69. The van der Waals surface area contributed by atoms with Gasteiger partial charge in [0.15, 0.2) is 5.78 Å². The lowest BCUT2D eigenvalue weighted by molar-refractivity contribution is 0.0893. The van der Waals surface area contributed by atoms with E-state index in [1.54, 1.807) is 7.11 Å². The number of ether oxygens (including phenoxy) is 1. The minimum absolute atomic E-state index is 0.00106. The van der Waals surface area contributed by atoms with Crippen LogP contribution in [0, 0.1) is 19.8 Å². The van der Waals surface area contributed by atoms with Gasteiger partial charge in [0.2, 0.25) is 0 Å². The highest BCUT2D eigenvalue weighted by atomic mass is 16.5. The molecule has 3 heteroatoms. The first-order chi connectivity index (χ1) is 7.54. The van der Waals surface area contributed by atoms with Crippen molar-refractivity contribution in [1.29, 1.82) is 0 Å². The second-order valence-electron chi connectivity index (χ2n) is 4.19. The van der Waals surface area contributed by atoms with E-state index >= 15 is 0 Å². The average Bonchev–Trinajstić information content (AvgIpc) is 2.23. The van der Waals surface area contributed by atoms with Gasteiger partial charge in [0, 0.05) is 36.6 Å². The third-order valence-electron chi connectivity index (χ3n) is 2.57. The Hall–Kier alpha value is -1.22. The van der Waals surface area contributed by atoms with Gasteiger partial charge in [-0.25, -0.2) is 0 Å². The molecule has 1 aromatic rings. The molecule has 1 atom stereocenters. The van der Waals surface area contributed by atoms with Crippen LogP contribution in [-0.4, -0.2) is 24.5 Å². The summed E-state index contributed by atoms with van der Waals surface area (Å²) in [4.78, 5) is 16.3. The Labute approximate surface area is 96.8 Å². The van der Waals surface area contributed by atoms with Gasteiger partial charge in [0.05, 0.1) is 0 Å². The highest BCUT2D eigenvalue weighted by Gasteiger charge is 2.15. The van der Waals surface area contributed by atoms with Gasteiger partial charge in [-0.3, -0.25) is 9.78 Å². The minimum Gasteiger partial charge on any atom is -0.385 e. The maximum absolute atomic E-state index is 12.1. The molecule has 0 saturated heterocycles. The van der Waals surface area contributed by atoms with E-state index in [-0.39, 0.29) is 11.7 Å². The van der Waals surface area contributed by atoms with Gasteiger partial charge in [-0.05, 0) is 32.4 Å². The van der Waals surface area contributed by atoms with Crippen molar-refractivity contribution in [3.63, 3.8) is 0 Å². The van der Waals surface area contributed by atoms with Crippen molar-refractivity contribution in [1.82, 2.24) is 4.98 Å². The highest BCUT2D eigenvalue weighted by molar-refractivity contribution is 5.97. The largest absolute Gasteiger partial charge is 0.385 e. The highest BCUT2D eigenvalue weighted by Crippen LogP contribution is 2.14. The van der Waals surface area contributed by atoms with Gasteiger partial charge in [0.25, 0.3) is 0 Å². The number of methoxy groups -OCH3 is 1.